The average Bonchev–Trinajstić information content (AvgIpc) is 2.30. The molecule has 1 rings (SSSR count). The molecule has 0 saturated heterocycles. The number of aryl methyl sites for hydroxylation is 2. The van der Waals surface area contributed by atoms with Crippen molar-refractivity contribution in [2.24, 2.45) is 0 Å². The quantitative estimate of drug-likeness (QED) is 0.794. The minimum atomic E-state index is -0.899. The number of amides is 1. The molecule has 88 valence electrons. The zero-order chi connectivity index (χ0) is 12.1. The number of rotatable bonds is 4. The molecule has 1 atom stereocenters. The van der Waals surface area contributed by atoms with E-state index in [4.69, 9.17) is 16.7 Å². The number of alkyl halides is 1. The molecule has 16 heavy (non-hydrogen) atoms. The van der Waals surface area contributed by atoms with Gasteiger partial charge < -0.3 is 10.4 Å². The summed E-state index contributed by atoms with van der Waals surface area (Å²) in [5, 5.41) is 10.6. The van der Waals surface area contributed by atoms with E-state index in [9.17, 15) is 4.79 Å². The lowest BCUT2D eigenvalue weighted by Gasteiger charge is -2.14. The zero-order valence-corrected chi connectivity index (χ0v) is 10.2. The highest BCUT2D eigenvalue weighted by Gasteiger charge is 2.16. The number of aliphatic hydroxyl groups is 1. The van der Waals surface area contributed by atoms with E-state index in [2.05, 4.69) is 5.32 Å². The maximum absolute atomic E-state index is 11.6. The highest BCUT2D eigenvalue weighted by atomic mass is 35.5. The first-order valence-corrected chi connectivity index (χ1v) is 5.68. The number of benzene rings is 1. The fourth-order valence-corrected chi connectivity index (χ4v) is 1.54. The number of halogens is 1. The standard InChI is InChI=1S/C12H16ClNO2/c1-3-9-6-4-5-8(2)11(9)14-12(16)10(13)7-15/h4-6,10,15H,3,7H2,1-2H3,(H,14,16). The molecule has 0 radical (unpaired) electrons. The monoisotopic (exact) mass is 241 g/mol. The van der Waals surface area contributed by atoms with Gasteiger partial charge in [0, 0.05) is 5.69 Å². The van der Waals surface area contributed by atoms with Crippen molar-refractivity contribution in [3.63, 3.8) is 0 Å². The van der Waals surface area contributed by atoms with Crippen molar-refractivity contribution in [2.45, 2.75) is 25.6 Å². The molecule has 0 aromatic heterocycles. The number of anilines is 1. The van der Waals surface area contributed by atoms with Gasteiger partial charge >= 0.3 is 0 Å². The van der Waals surface area contributed by atoms with Crippen LogP contribution in [0.5, 0.6) is 0 Å². The minimum absolute atomic E-state index is 0.360. The summed E-state index contributed by atoms with van der Waals surface area (Å²) in [7, 11) is 0. The van der Waals surface area contributed by atoms with E-state index in [-0.39, 0.29) is 12.5 Å². The smallest absolute Gasteiger partial charge is 0.244 e. The summed E-state index contributed by atoms with van der Waals surface area (Å²) in [6, 6.07) is 5.84. The topological polar surface area (TPSA) is 49.3 Å². The van der Waals surface area contributed by atoms with E-state index in [0.29, 0.717) is 0 Å². The van der Waals surface area contributed by atoms with E-state index in [1.54, 1.807) is 0 Å². The van der Waals surface area contributed by atoms with Crippen molar-refractivity contribution in [3.05, 3.63) is 29.3 Å². The summed E-state index contributed by atoms with van der Waals surface area (Å²) in [6.07, 6.45) is 0.837. The van der Waals surface area contributed by atoms with Gasteiger partial charge in [-0.15, -0.1) is 11.6 Å². The average molecular weight is 242 g/mol. The second-order valence-electron chi connectivity index (χ2n) is 3.60. The van der Waals surface area contributed by atoms with Gasteiger partial charge in [0.05, 0.1) is 6.61 Å². The Hall–Kier alpha value is -1.06. The maximum atomic E-state index is 11.6. The number of carbonyl (C=O) groups excluding carboxylic acids is 1. The number of hydrogen-bond acceptors (Lipinski definition) is 2. The first kappa shape index (κ1) is 13.0. The van der Waals surface area contributed by atoms with Gasteiger partial charge in [-0.25, -0.2) is 0 Å². The van der Waals surface area contributed by atoms with E-state index in [1.807, 2.05) is 32.0 Å². The molecule has 0 spiro atoms. The van der Waals surface area contributed by atoms with Crippen LogP contribution in [0.25, 0.3) is 0 Å². The third-order valence-electron chi connectivity index (χ3n) is 2.43. The van der Waals surface area contributed by atoms with Crippen LogP contribution in [-0.4, -0.2) is 23.0 Å². The van der Waals surface area contributed by atoms with Gasteiger partial charge in [0.15, 0.2) is 0 Å². The molecule has 0 aliphatic carbocycles. The summed E-state index contributed by atoms with van der Waals surface area (Å²) < 4.78 is 0. The molecule has 1 aromatic carbocycles. The normalized spacial score (nSPS) is 12.2. The molecule has 2 N–H and O–H groups in total. The molecule has 1 unspecified atom stereocenters. The van der Waals surface area contributed by atoms with Gasteiger partial charge in [0.1, 0.15) is 5.38 Å². The van der Waals surface area contributed by atoms with Crippen molar-refractivity contribution in [1.29, 1.82) is 0 Å². The van der Waals surface area contributed by atoms with E-state index in [1.165, 1.54) is 0 Å². The Morgan fingerprint density at radius 1 is 1.56 bits per heavy atom. The molecule has 0 fully saturated rings. The van der Waals surface area contributed by atoms with Gasteiger partial charge in [-0.05, 0) is 24.5 Å². The van der Waals surface area contributed by atoms with Crippen LogP contribution < -0.4 is 5.32 Å². The highest BCUT2D eigenvalue weighted by molar-refractivity contribution is 6.32. The first-order chi connectivity index (χ1) is 7.60. The molecular formula is C12H16ClNO2. The summed E-state index contributed by atoms with van der Waals surface area (Å²) in [4.78, 5) is 11.6. The van der Waals surface area contributed by atoms with E-state index in [0.717, 1.165) is 23.2 Å². The van der Waals surface area contributed by atoms with Crippen molar-refractivity contribution in [1.82, 2.24) is 0 Å². The molecule has 0 bridgehead atoms. The SMILES string of the molecule is CCc1cccc(C)c1NC(=O)C(Cl)CO. The lowest BCUT2D eigenvalue weighted by Crippen LogP contribution is -2.26. The van der Waals surface area contributed by atoms with Crippen LogP contribution in [0.15, 0.2) is 18.2 Å². The Morgan fingerprint density at radius 2 is 2.25 bits per heavy atom. The van der Waals surface area contributed by atoms with Gasteiger partial charge in [-0.2, -0.15) is 0 Å². The van der Waals surface area contributed by atoms with Crippen LogP contribution in [0.4, 0.5) is 5.69 Å². The van der Waals surface area contributed by atoms with Gasteiger partial charge in [-0.3, -0.25) is 4.79 Å². The van der Waals surface area contributed by atoms with Crippen LogP contribution in [0.2, 0.25) is 0 Å². The lowest BCUT2D eigenvalue weighted by atomic mass is 10.1. The Balaban J connectivity index is 2.92. The number of carbonyl (C=O) groups is 1. The first-order valence-electron chi connectivity index (χ1n) is 5.24. The van der Waals surface area contributed by atoms with Crippen LogP contribution in [0.3, 0.4) is 0 Å². The summed E-state index contributed by atoms with van der Waals surface area (Å²) in [5.74, 6) is -0.367. The second kappa shape index (κ2) is 5.87. The minimum Gasteiger partial charge on any atom is -0.394 e. The van der Waals surface area contributed by atoms with Crippen LogP contribution in [0, 0.1) is 6.92 Å². The van der Waals surface area contributed by atoms with Crippen molar-refractivity contribution >= 4 is 23.2 Å². The third-order valence-corrected chi connectivity index (χ3v) is 2.77. The predicted molar refractivity (Wildman–Crippen MR) is 65.9 cm³/mol. The summed E-state index contributed by atoms with van der Waals surface area (Å²) in [6.45, 7) is 3.59. The molecule has 3 nitrogen and oxygen atoms in total. The molecule has 0 aliphatic heterocycles. The summed E-state index contributed by atoms with van der Waals surface area (Å²) in [5.41, 5.74) is 2.86. The lowest BCUT2D eigenvalue weighted by molar-refractivity contribution is -0.116. The Labute approximate surface area is 100 Å². The van der Waals surface area contributed by atoms with Crippen molar-refractivity contribution < 1.29 is 9.90 Å². The molecular weight excluding hydrogens is 226 g/mol. The summed E-state index contributed by atoms with van der Waals surface area (Å²) >= 11 is 5.65. The number of nitrogens with one attached hydrogen (secondary N) is 1. The molecule has 0 heterocycles. The number of hydrogen-bond donors (Lipinski definition) is 2. The Morgan fingerprint density at radius 3 is 2.81 bits per heavy atom. The Bertz CT molecular complexity index is 379. The Kier molecular flexibility index (Phi) is 4.77. The number of aliphatic hydroxyl groups excluding tert-OH is 1. The zero-order valence-electron chi connectivity index (χ0n) is 9.46. The van der Waals surface area contributed by atoms with Crippen LogP contribution in [-0.2, 0) is 11.2 Å². The highest BCUT2D eigenvalue weighted by Crippen LogP contribution is 2.21. The van der Waals surface area contributed by atoms with Crippen LogP contribution >= 0.6 is 11.6 Å². The third kappa shape index (κ3) is 2.97. The fourth-order valence-electron chi connectivity index (χ4n) is 1.49. The second-order valence-corrected chi connectivity index (χ2v) is 4.13. The van der Waals surface area contributed by atoms with Crippen molar-refractivity contribution in [3.8, 4) is 0 Å². The molecule has 1 amide bonds. The molecule has 0 saturated carbocycles. The molecule has 1 aromatic rings. The fraction of sp³-hybridized carbons (Fsp3) is 0.417. The predicted octanol–water partition coefficient (Wildman–Crippen LogP) is 2.10. The maximum Gasteiger partial charge on any atom is 0.244 e. The van der Waals surface area contributed by atoms with Gasteiger partial charge in [0.2, 0.25) is 5.91 Å². The van der Waals surface area contributed by atoms with Crippen LogP contribution in [0.1, 0.15) is 18.1 Å². The van der Waals surface area contributed by atoms with E-state index < -0.39 is 5.38 Å². The largest absolute Gasteiger partial charge is 0.394 e. The molecule has 4 heteroatoms. The number of para-hydroxylation sites is 1. The van der Waals surface area contributed by atoms with E-state index >= 15 is 0 Å². The van der Waals surface area contributed by atoms with Gasteiger partial charge in [-0.1, -0.05) is 25.1 Å². The molecule has 0 aliphatic rings. The van der Waals surface area contributed by atoms with Crippen molar-refractivity contribution in [2.75, 3.05) is 11.9 Å². The van der Waals surface area contributed by atoms with Gasteiger partial charge in [0.25, 0.3) is 0 Å².